The smallest absolute Gasteiger partial charge is 0.356 e. The molecule has 2 rings (SSSR count). The van der Waals surface area contributed by atoms with Crippen molar-refractivity contribution in [3.63, 3.8) is 0 Å². The number of hydrogen-bond donors (Lipinski definition) is 1. The van der Waals surface area contributed by atoms with Crippen LogP contribution in [0.4, 0.5) is 0 Å². The van der Waals surface area contributed by atoms with Gasteiger partial charge in [-0.1, -0.05) is 6.07 Å². The van der Waals surface area contributed by atoms with Crippen LogP contribution in [0.2, 0.25) is 0 Å². The normalized spacial score (nSPS) is 19.9. The minimum atomic E-state index is -0.391. The van der Waals surface area contributed by atoms with E-state index in [0.29, 0.717) is 11.7 Å². The highest BCUT2D eigenvalue weighted by molar-refractivity contribution is 5.86. The molecule has 0 saturated carbocycles. The minimum Gasteiger partial charge on any atom is -0.464 e. The van der Waals surface area contributed by atoms with E-state index in [9.17, 15) is 4.79 Å². The van der Waals surface area contributed by atoms with Crippen LogP contribution in [0.5, 0.6) is 0 Å². The average Bonchev–Trinajstić information content (AvgIpc) is 2.15. The molecule has 1 saturated heterocycles. The predicted molar refractivity (Wildman–Crippen MR) is 50.9 cm³/mol. The van der Waals surface area contributed by atoms with Gasteiger partial charge in [0.15, 0.2) is 0 Å². The SMILES string of the molecule is COC(=O)c1ccc(C2CCN2)cn1. The lowest BCUT2D eigenvalue weighted by Gasteiger charge is -2.27. The monoisotopic (exact) mass is 192 g/mol. The van der Waals surface area contributed by atoms with Gasteiger partial charge in [-0.3, -0.25) is 0 Å². The second kappa shape index (κ2) is 3.75. The van der Waals surface area contributed by atoms with Crippen LogP contribution in [0.15, 0.2) is 18.3 Å². The standard InChI is InChI=1S/C10H12N2O2/c1-14-10(13)9-3-2-7(6-12-9)8-4-5-11-8/h2-3,6,8,11H,4-5H2,1H3. The number of carbonyl (C=O) groups excluding carboxylic acids is 1. The second-order valence-electron chi connectivity index (χ2n) is 3.26. The molecule has 14 heavy (non-hydrogen) atoms. The van der Waals surface area contributed by atoms with E-state index in [1.807, 2.05) is 6.07 Å². The summed E-state index contributed by atoms with van der Waals surface area (Å²) in [5.74, 6) is -0.391. The van der Waals surface area contributed by atoms with E-state index in [1.165, 1.54) is 7.11 Å². The summed E-state index contributed by atoms with van der Waals surface area (Å²) in [6.07, 6.45) is 2.86. The third-order valence-electron chi connectivity index (χ3n) is 2.41. The molecule has 0 spiro atoms. The molecule has 1 aromatic heterocycles. The van der Waals surface area contributed by atoms with Crippen molar-refractivity contribution < 1.29 is 9.53 Å². The number of ether oxygens (including phenoxy) is 1. The maximum atomic E-state index is 11.1. The van der Waals surface area contributed by atoms with E-state index in [1.54, 1.807) is 12.3 Å². The first-order chi connectivity index (χ1) is 6.81. The van der Waals surface area contributed by atoms with Gasteiger partial charge >= 0.3 is 5.97 Å². The molecule has 2 heterocycles. The zero-order valence-corrected chi connectivity index (χ0v) is 7.99. The molecule has 1 unspecified atom stereocenters. The zero-order chi connectivity index (χ0) is 9.97. The number of methoxy groups -OCH3 is 1. The Morgan fingerprint density at radius 3 is 2.86 bits per heavy atom. The molecule has 1 aromatic rings. The Morgan fingerprint density at radius 1 is 1.64 bits per heavy atom. The fourth-order valence-electron chi connectivity index (χ4n) is 1.41. The Kier molecular flexibility index (Phi) is 2.45. The quantitative estimate of drug-likeness (QED) is 0.707. The number of esters is 1. The highest BCUT2D eigenvalue weighted by Gasteiger charge is 2.18. The van der Waals surface area contributed by atoms with Crippen LogP contribution in [0, 0.1) is 0 Å². The molecule has 1 aliphatic heterocycles. The van der Waals surface area contributed by atoms with Crippen molar-refractivity contribution in [1.29, 1.82) is 0 Å². The number of nitrogens with zero attached hydrogens (tertiary/aromatic N) is 1. The lowest BCUT2D eigenvalue weighted by Crippen LogP contribution is -2.35. The van der Waals surface area contributed by atoms with Gasteiger partial charge in [0.1, 0.15) is 5.69 Å². The van der Waals surface area contributed by atoms with Crippen molar-refractivity contribution in [2.75, 3.05) is 13.7 Å². The molecular weight excluding hydrogens is 180 g/mol. The first-order valence-corrected chi connectivity index (χ1v) is 4.59. The first kappa shape index (κ1) is 9.15. The van der Waals surface area contributed by atoms with Crippen molar-refractivity contribution in [2.45, 2.75) is 12.5 Å². The van der Waals surface area contributed by atoms with Gasteiger partial charge in [0.25, 0.3) is 0 Å². The summed E-state index contributed by atoms with van der Waals surface area (Å²) in [6.45, 7) is 1.06. The molecular formula is C10H12N2O2. The Labute approximate surface area is 82.3 Å². The molecule has 4 nitrogen and oxygen atoms in total. The first-order valence-electron chi connectivity index (χ1n) is 4.59. The third-order valence-corrected chi connectivity index (χ3v) is 2.41. The number of rotatable bonds is 2. The fourth-order valence-corrected chi connectivity index (χ4v) is 1.41. The maximum Gasteiger partial charge on any atom is 0.356 e. The summed E-state index contributed by atoms with van der Waals surface area (Å²) in [7, 11) is 1.35. The van der Waals surface area contributed by atoms with Crippen molar-refractivity contribution in [3.8, 4) is 0 Å². The van der Waals surface area contributed by atoms with Gasteiger partial charge in [0.2, 0.25) is 0 Å². The molecule has 74 valence electrons. The van der Waals surface area contributed by atoms with Crippen LogP contribution >= 0.6 is 0 Å². The number of pyridine rings is 1. The van der Waals surface area contributed by atoms with Gasteiger partial charge in [-0.25, -0.2) is 9.78 Å². The maximum absolute atomic E-state index is 11.1. The van der Waals surface area contributed by atoms with Crippen LogP contribution in [-0.4, -0.2) is 24.6 Å². The summed E-state index contributed by atoms with van der Waals surface area (Å²) < 4.78 is 4.56. The highest BCUT2D eigenvalue weighted by atomic mass is 16.5. The van der Waals surface area contributed by atoms with E-state index < -0.39 is 5.97 Å². The van der Waals surface area contributed by atoms with Crippen LogP contribution in [0.25, 0.3) is 0 Å². The molecule has 0 aromatic carbocycles. The van der Waals surface area contributed by atoms with Crippen molar-refractivity contribution in [2.24, 2.45) is 0 Å². The molecule has 1 N–H and O–H groups in total. The van der Waals surface area contributed by atoms with Gasteiger partial charge in [-0.2, -0.15) is 0 Å². The average molecular weight is 192 g/mol. The number of nitrogens with one attached hydrogen (secondary N) is 1. The van der Waals surface area contributed by atoms with Crippen molar-refractivity contribution >= 4 is 5.97 Å². The summed E-state index contributed by atoms with van der Waals surface area (Å²) in [4.78, 5) is 15.1. The minimum absolute atomic E-state index is 0.357. The molecule has 1 aliphatic rings. The lowest BCUT2D eigenvalue weighted by atomic mass is 10.00. The Bertz CT molecular complexity index is 330. The van der Waals surface area contributed by atoms with Crippen LogP contribution in [0.1, 0.15) is 28.5 Å². The van der Waals surface area contributed by atoms with Gasteiger partial charge < -0.3 is 10.1 Å². The highest BCUT2D eigenvalue weighted by Crippen LogP contribution is 2.21. The zero-order valence-electron chi connectivity index (χ0n) is 7.99. The Balaban J connectivity index is 2.13. The molecule has 0 aliphatic carbocycles. The van der Waals surface area contributed by atoms with Gasteiger partial charge in [-0.05, 0) is 24.6 Å². The van der Waals surface area contributed by atoms with Gasteiger partial charge in [0.05, 0.1) is 7.11 Å². The second-order valence-corrected chi connectivity index (χ2v) is 3.26. The summed E-state index contributed by atoms with van der Waals surface area (Å²) in [5.41, 5.74) is 1.49. The van der Waals surface area contributed by atoms with E-state index in [0.717, 1.165) is 18.5 Å². The largest absolute Gasteiger partial charge is 0.464 e. The molecule has 1 fully saturated rings. The molecule has 0 amide bonds. The summed E-state index contributed by atoms with van der Waals surface area (Å²) in [5, 5.41) is 3.27. The number of hydrogen-bond acceptors (Lipinski definition) is 4. The Morgan fingerprint density at radius 2 is 2.43 bits per heavy atom. The number of aromatic nitrogens is 1. The van der Waals surface area contributed by atoms with E-state index in [4.69, 9.17) is 0 Å². The topological polar surface area (TPSA) is 51.2 Å². The van der Waals surface area contributed by atoms with E-state index in [2.05, 4.69) is 15.0 Å². The van der Waals surface area contributed by atoms with E-state index in [-0.39, 0.29) is 0 Å². The lowest BCUT2D eigenvalue weighted by molar-refractivity contribution is 0.0594. The predicted octanol–water partition coefficient (Wildman–Crippen LogP) is 0.903. The van der Waals surface area contributed by atoms with Crippen molar-refractivity contribution in [1.82, 2.24) is 10.3 Å². The summed E-state index contributed by atoms with van der Waals surface area (Å²) in [6, 6.07) is 4.02. The third kappa shape index (κ3) is 1.61. The molecule has 0 bridgehead atoms. The number of carbonyl (C=O) groups is 1. The fraction of sp³-hybridized carbons (Fsp3) is 0.400. The Hall–Kier alpha value is -1.42. The van der Waals surface area contributed by atoms with Gasteiger partial charge in [0, 0.05) is 12.2 Å². The van der Waals surface area contributed by atoms with Crippen molar-refractivity contribution in [3.05, 3.63) is 29.6 Å². The molecule has 1 atom stereocenters. The van der Waals surface area contributed by atoms with Gasteiger partial charge in [-0.15, -0.1) is 0 Å². The molecule has 4 heteroatoms. The van der Waals surface area contributed by atoms with Crippen LogP contribution in [-0.2, 0) is 4.74 Å². The van der Waals surface area contributed by atoms with Crippen LogP contribution in [0.3, 0.4) is 0 Å². The van der Waals surface area contributed by atoms with Crippen LogP contribution < -0.4 is 5.32 Å². The molecule has 0 radical (unpaired) electrons. The summed E-state index contributed by atoms with van der Waals surface area (Å²) >= 11 is 0. The van der Waals surface area contributed by atoms with E-state index >= 15 is 0 Å².